The third kappa shape index (κ3) is 3.43. The van der Waals surface area contributed by atoms with Gasteiger partial charge in [-0.2, -0.15) is 0 Å². The van der Waals surface area contributed by atoms with E-state index in [9.17, 15) is 4.79 Å². The Morgan fingerprint density at radius 2 is 2.07 bits per heavy atom. The molecule has 0 fully saturated rings. The van der Waals surface area contributed by atoms with Gasteiger partial charge in [-0.25, -0.2) is 0 Å². The fourth-order valence-corrected chi connectivity index (χ4v) is 1.17. The molecule has 0 heterocycles. The van der Waals surface area contributed by atoms with E-state index in [1.807, 2.05) is 24.3 Å². The van der Waals surface area contributed by atoms with Crippen LogP contribution in [0, 0.1) is 0 Å². The van der Waals surface area contributed by atoms with Gasteiger partial charge in [-0.1, -0.05) is 30.4 Å². The second kappa shape index (κ2) is 5.81. The number of rotatable bonds is 4. The molecule has 0 radical (unpaired) electrons. The van der Waals surface area contributed by atoms with E-state index in [0.29, 0.717) is 5.56 Å². The highest BCUT2D eigenvalue weighted by Crippen LogP contribution is 2.03. The molecule has 0 aliphatic heterocycles. The Labute approximate surface area is 90.5 Å². The minimum atomic E-state index is -0.00378. The number of amides is 1. The molecule has 0 aliphatic carbocycles. The van der Waals surface area contributed by atoms with Crippen molar-refractivity contribution in [3.8, 4) is 0 Å². The van der Waals surface area contributed by atoms with Gasteiger partial charge in [0.25, 0.3) is 5.91 Å². The summed E-state index contributed by atoms with van der Waals surface area (Å²) in [5, 5.41) is 0. The Bertz CT molecular complexity index is 354. The molecule has 2 nitrogen and oxygen atoms in total. The van der Waals surface area contributed by atoms with E-state index in [1.165, 1.54) is 0 Å². The molecule has 0 atom stereocenters. The minimum Gasteiger partial charge on any atom is -0.318 e. The van der Waals surface area contributed by atoms with Crippen molar-refractivity contribution >= 4 is 5.91 Å². The predicted molar refractivity (Wildman–Crippen MR) is 62.5 cm³/mol. The van der Waals surface area contributed by atoms with Crippen molar-refractivity contribution in [3.05, 3.63) is 60.8 Å². The highest BCUT2D eigenvalue weighted by Gasteiger charge is 2.07. The molecule has 0 N–H and O–H groups in total. The molecule has 1 aromatic carbocycles. The lowest BCUT2D eigenvalue weighted by Gasteiger charge is -2.11. The molecule has 2 heteroatoms. The third-order valence-corrected chi connectivity index (χ3v) is 1.97. The topological polar surface area (TPSA) is 20.3 Å². The molecule has 0 saturated carbocycles. The van der Waals surface area contributed by atoms with E-state index >= 15 is 0 Å². The number of hydrogen-bond donors (Lipinski definition) is 0. The summed E-state index contributed by atoms with van der Waals surface area (Å²) in [5.74, 6) is -0.00378. The largest absolute Gasteiger partial charge is 0.318 e. The molecular formula is C13H15NO. The second-order valence-electron chi connectivity index (χ2n) is 3.19. The number of benzene rings is 1. The van der Waals surface area contributed by atoms with Crippen LogP contribution in [-0.4, -0.2) is 17.9 Å². The lowest BCUT2D eigenvalue weighted by Crippen LogP contribution is -2.20. The maximum Gasteiger partial charge on any atom is 0.257 e. The summed E-state index contributed by atoms with van der Waals surface area (Å²) in [4.78, 5) is 13.4. The van der Waals surface area contributed by atoms with Gasteiger partial charge in [0.05, 0.1) is 0 Å². The van der Waals surface area contributed by atoms with Gasteiger partial charge in [-0.05, 0) is 18.6 Å². The van der Waals surface area contributed by atoms with Crippen LogP contribution in [0.4, 0.5) is 0 Å². The summed E-state index contributed by atoms with van der Waals surface area (Å²) < 4.78 is 0. The molecule has 0 aromatic heterocycles. The van der Waals surface area contributed by atoms with Crippen LogP contribution >= 0.6 is 0 Å². The summed E-state index contributed by atoms with van der Waals surface area (Å²) in [6.07, 6.45) is 6.22. The number of hydrogen-bond acceptors (Lipinski definition) is 1. The Balaban J connectivity index is 2.65. The molecule has 0 spiro atoms. The fourth-order valence-electron chi connectivity index (χ4n) is 1.17. The average Bonchev–Trinajstić information content (AvgIpc) is 2.29. The zero-order chi connectivity index (χ0) is 11.1. The fraction of sp³-hybridized carbons (Fsp3) is 0.154. The molecule has 1 aromatic rings. The molecule has 1 amide bonds. The van der Waals surface area contributed by atoms with Crippen LogP contribution in [0.15, 0.2) is 55.3 Å². The zero-order valence-electron chi connectivity index (χ0n) is 8.89. The minimum absolute atomic E-state index is 0.00378. The Morgan fingerprint density at radius 3 is 2.67 bits per heavy atom. The van der Waals surface area contributed by atoms with Crippen LogP contribution in [0.3, 0.4) is 0 Å². The van der Waals surface area contributed by atoms with Crippen LogP contribution in [0.1, 0.15) is 16.8 Å². The SMILES string of the molecule is C=CC/C=C/N(C)C(=O)c1ccccc1. The summed E-state index contributed by atoms with van der Waals surface area (Å²) >= 11 is 0. The normalized spacial score (nSPS) is 10.2. The number of carbonyl (C=O) groups excluding carboxylic acids is 1. The van der Waals surface area contributed by atoms with Gasteiger partial charge in [0, 0.05) is 18.8 Å². The van der Waals surface area contributed by atoms with E-state index in [-0.39, 0.29) is 5.91 Å². The van der Waals surface area contributed by atoms with Gasteiger partial charge >= 0.3 is 0 Å². The van der Waals surface area contributed by atoms with Gasteiger partial charge in [0.15, 0.2) is 0 Å². The summed E-state index contributed by atoms with van der Waals surface area (Å²) in [7, 11) is 1.74. The first-order valence-electron chi connectivity index (χ1n) is 4.85. The first-order valence-corrected chi connectivity index (χ1v) is 4.85. The molecule has 0 saturated heterocycles. The summed E-state index contributed by atoms with van der Waals surface area (Å²) in [6.45, 7) is 3.61. The second-order valence-corrected chi connectivity index (χ2v) is 3.19. The van der Waals surface area contributed by atoms with Gasteiger partial charge in [-0.3, -0.25) is 4.79 Å². The van der Waals surface area contributed by atoms with Crippen molar-refractivity contribution in [2.24, 2.45) is 0 Å². The molecule has 78 valence electrons. The maximum absolute atomic E-state index is 11.8. The maximum atomic E-state index is 11.8. The van der Waals surface area contributed by atoms with Crippen LogP contribution in [-0.2, 0) is 0 Å². The van der Waals surface area contributed by atoms with Gasteiger partial charge in [0.1, 0.15) is 0 Å². The Kier molecular flexibility index (Phi) is 4.35. The van der Waals surface area contributed by atoms with E-state index in [1.54, 1.807) is 36.4 Å². The van der Waals surface area contributed by atoms with Crippen molar-refractivity contribution in [1.82, 2.24) is 4.90 Å². The van der Waals surface area contributed by atoms with E-state index < -0.39 is 0 Å². The van der Waals surface area contributed by atoms with Crippen molar-refractivity contribution in [3.63, 3.8) is 0 Å². The molecule has 0 unspecified atom stereocenters. The van der Waals surface area contributed by atoms with E-state index in [0.717, 1.165) is 6.42 Å². The lowest BCUT2D eigenvalue weighted by molar-refractivity contribution is 0.0850. The monoisotopic (exact) mass is 201 g/mol. The number of carbonyl (C=O) groups is 1. The van der Waals surface area contributed by atoms with E-state index in [2.05, 4.69) is 6.58 Å². The standard InChI is InChI=1S/C13H15NO/c1-3-4-8-11-14(2)13(15)12-9-6-5-7-10-12/h3,5-11H,1,4H2,2H3/b11-8+. The highest BCUT2D eigenvalue weighted by atomic mass is 16.2. The number of nitrogens with zero attached hydrogens (tertiary/aromatic N) is 1. The van der Waals surface area contributed by atoms with Crippen molar-refractivity contribution in [2.75, 3.05) is 7.05 Å². The molecule has 0 aliphatic rings. The molecular weight excluding hydrogens is 186 g/mol. The van der Waals surface area contributed by atoms with Crippen molar-refractivity contribution in [1.29, 1.82) is 0 Å². The summed E-state index contributed by atoms with van der Waals surface area (Å²) in [5.41, 5.74) is 0.697. The van der Waals surface area contributed by atoms with Crippen molar-refractivity contribution in [2.45, 2.75) is 6.42 Å². The Hall–Kier alpha value is -1.83. The Morgan fingerprint density at radius 1 is 1.40 bits per heavy atom. The smallest absolute Gasteiger partial charge is 0.257 e. The van der Waals surface area contributed by atoms with Crippen LogP contribution in [0.25, 0.3) is 0 Å². The zero-order valence-corrected chi connectivity index (χ0v) is 8.89. The summed E-state index contributed by atoms with van der Waals surface area (Å²) in [6, 6.07) is 9.22. The predicted octanol–water partition coefficient (Wildman–Crippen LogP) is 2.85. The van der Waals surface area contributed by atoms with Crippen LogP contribution in [0.5, 0.6) is 0 Å². The van der Waals surface area contributed by atoms with Crippen molar-refractivity contribution < 1.29 is 4.79 Å². The van der Waals surface area contributed by atoms with E-state index in [4.69, 9.17) is 0 Å². The number of allylic oxidation sites excluding steroid dienone is 2. The van der Waals surface area contributed by atoms with Crippen LogP contribution < -0.4 is 0 Å². The first kappa shape index (κ1) is 11.2. The highest BCUT2D eigenvalue weighted by molar-refractivity contribution is 5.94. The molecule has 15 heavy (non-hydrogen) atoms. The quantitative estimate of drug-likeness (QED) is 0.686. The lowest BCUT2D eigenvalue weighted by atomic mass is 10.2. The van der Waals surface area contributed by atoms with Gasteiger partial charge in [0.2, 0.25) is 0 Å². The average molecular weight is 201 g/mol. The first-order chi connectivity index (χ1) is 7.25. The molecule has 1 rings (SSSR count). The molecule has 0 bridgehead atoms. The van der Waals surface area contributed by atoms with Crippen LogP contribution in [0.2, 0.25) is 0 Å². The van der Waals surface area contributed by atoms with Gasteiger partial charge in [-0.15, -0.1) is 6.58 Å². The third-order valence-electron chi connectivity index (χ3n) is 1.97. The van der Waals surface area contributed by atoms with Gasteiger partial charge < -0.3 is 4.90 Å².